The minimum atomic E-state index is 0.151. The monoisotopic (exact) mass is 345 g/mol. The van der Waals surface area contributed by atoms with Crippen molar-refractivity contribution in [3.8, 4) is 12.3 Å². The zero-order valence-corrected chi connectivity index (χ0v) is 14.3. The van der Waals surface area contributed by atoms with Gasteiger partial charge < -0.3 is 15.0 Å². The van der Waals surface area contributed by atoms with Gasteiger partial charge in [0.2, 0.25) is 0 Å². The number of pyridine rings is 2. The van der Waals surface area contributed by atoms with Gasteiger partial charge in [0.05, 0.1) is 6.20 Å². The fourth-order valence-electron chi connectivity index (χ4n) is 3.21. The number of imidazole rings is 1. The van der Waals surface area contributed by atoms with Crippen molar-refractivity contribution in [2.75, 3.05) is 18.4 Å². The van der Waals surface area contributed by atoms with Crippen LogP contribution in [0.2, 0.25) is 0 Å². The van der Waals surface area contributed by atoms with Crippen molar-refractivity contribution < 1.29 is 4.79 Å². The lowest BCUT2D eigenvalue weighted by Crippen LogP contribution is -2.13. The van der Waals surface area contributed by atoms with E-state index in [2.05, 4.69) is 26.5 Å². The van der Waals surface area contributed by atoms with Gasteiger partial charge in [0.1, 0.15) is 11.5 Å². The zero-order chi connectivity index (χ0) is 17.9. The van der Waals surface area contributed by atoms with Crippen LogP contribution >= 0.6 is 0 Å². The zero-order valence-electron chi connectivity index (χ0n) is 14.3. The van der Waals surface area contributed by atoms with Gasteiger partial charge in [-0.1, -0.05) is 5.92 Å². The van der Waals surface area contributed by atoms with Gasteiger partial charge in [0, 0.05) is 29.9 Å². The molecule has 1 fully saturated rings. The highest BCUT2D eigenvalue weighted by Crippen LogP contribution is 2.19. The number of aromatic nitrogens is 3. The van der Waals surface area contributed by atoms with E-state index in [4.69, 9.17) is 6.42 Å². The Hall–Kier alpha value is -3.17. The lowest BCUT2D eigenvalue weighted by Gasteiger charge is -2.08. The standard InChI is InChI=1S/C20H19N5O/c1-2-14-3-4-20-24-19(13-25(20)12-14)23-18-10-16(6-8-22-18)17(26)9-15-5-7-21-11-15/h1,3-4,6,8,10,12-13,15,21H,5,7,9,11H2,(H,22,23)/t15-/m1/s1. The number of Topliss-reactive ketones (excluding diaryl/α,β-unsaturated/α-hetero) is 1. The molecule has 0 aromatic carbocycles. The third-order valence-electron chi connectivity index (χ3n) is 4.59. The molecule has 4 rings (SSSR count). The Kier molecular flexibility index (Phi) is 4.38. The van der Waals surface area contributed by atoms with Crippen molar-refractivity contribution in [3.05, 3.63) is 54.0 Å². The van der Waals surface area contributed by atoms with Crippen molar-refractivity contribution in [1.29, 1.82) is 0 Å². The van der Waals surface area contributed by atoms with Crippen molar-refractivity contribution in [2.45, 2.75) is 12.8 Å². The van der Waals surface area contributed by atoms with Crippen LogP contribution < -0.4 is 10.6 Å². The van der Waals surface area contributed by atoms with Crippen LogP contribution in [-0.2, 0) is 0 Å². The molecule has 0 unspecified atom stereocenters. The summed E-state index contributed by atoms with van der Waals surface area (Å²) in [6.07, 6.45) is 12.4. The summed E-state index contributed by atoms with van der Waals surface area (Å²) in [5.41, 5.74) is 2.24. The third kappa shape index (κ3) is 3.44. The summed E-state index contributed by atoms with van der Waals surface area (Å²) >= 11 is 0. The first-order valence-corrected chi connectivity index (χ1v) is 8.63. The van der Waals surface area contributed by atoms with Crippen LogP contribution in [0.15, 0.2) is 42.9 Å². The fraction of sp³-hybridized carbons (Fsp3) is 0.250. The Morgan fingerprint density at radius 1 is 1.35 bits per heavy atom. The number of ketones is 1. The Morgan fingerprint density at radius 3 is 3.08 bits per heavy atom. The number of hydrogen-bond acceptors (Lipinski definition) is 5. The van der Waals surface area contributed by atoms with E-state index in [0.717, 1.165) is 30.7 Å². The predicted molar refractivity (Wildman–Crippen MR) is 101 cm³/mol. The molecule has 3 aromatic heterocycles. The molecule has 0 saturated carbocycles. The molecule has 4 heterocycles. The molecular weight excluding hydrogens is 326 g/mol. The Morgan fingerprint density at radius 2 is 2.27 bits per heavy atom. The lowest BCUT2D eigenvalue weighted by atomic mass is 9.98. The quantitative estimate of drug-likeness (QED) is 0.549. The van der Waals surface area contributed by atoms with Crippen LogP contribution in [0.25, 0.3) is 5.65 Å². The molecule has 0 radical (unpaired) electrons. The molecule has 26 heavy (non-hydrogen) atoms. The van der Waals surface area contributed by atoms with E-state index in [-0.39, 0.29) is 5.78 Å². The molecule has 1 saturated heterocycles. The number of anilines is 2. The molecule has 0 bridgehead atoms. The molecule has 0 amide bonds. The van der Waals surface area contributed by atoms with E-state index in [1.807, 2.05) is 28.9 Å². The maximum absolute atomic E-state index is 12.5. The second-order valence-electron chi connectivity index (χ2n) is 6.49. The number of carbonyl (C=O) groups excluding carboxylic acids is 1. The summed E-state index contributed by atoms with van der Waals surface area (Å²) in [4.78, 5) is 21.3. The summed E-state index contributed by atoms with van der Waals surface area (Å²) in [5.74, 6) is 4.43. The number of nitrogens with one attached hydrogen (secondary N) is 2. The van der Waals surface area contributed by atoms with Gasteiger partial charge in [-0.2, -0.15) is 0 Å². The van der Waals surface area contributed by atoms with Gasteiger partial charge in [0.15, 0.2) is 11.6 Å². The highest BCUT2D eigenvalue weighted by atomic mass is 16.1. The number of fused-ring (bicyclic) bond motifs is 1. The highest BCUT2D eigenvalue weighted by molar-refractivity contribution is 5.96. The van der Waals surface area contributed by atoms with E-state index in [1.54, 1.807) is 18.3 Å². The Bertz CT molecular complexity index is 995. The summed E-state index contributed by atoms with van der Waals surface area (Å²) in [7, 11) is 0. The number of hydrogen-bond donors (Lipinski definition) is 2. The van der Waals surface area contributed by atoms with Crippen LogP contribution in [0.5, 0.6) is 0 Å². The van der Waals surface area contributed by atoms with E-state index in [9.17, 15) is 4.79 Å². The molecule has 0 spiro atoms. The summed E-state index contributed by atoms with van der Waals surface area (Å²) < 4.78 is 1.86. The molecule has 0 aliphatic carbocycles. The van der Waals surface area contributed by atoms with E-state index in [1.165, 1.54) is 0 Å². The summed E-state index contributed by atoms with van der Waals surface area (Å²) in [6, 6.07) is 7.26. The number of terminal acetylenes is 1. The van der Waals surface area contributed by atoms with Gasteiger partial charge >= 0.3 is 0 Å². The van der Waals surface area contributed by atoms with Crippen LogP contribution in [-0.4, -0.2) is 33.2 Å². The Balaban J connectivity index is 1.51. The molecule has 1 aliphatic rings. The fourth-order valence-corrected chi connectivity index (χ4v) is 3.21. The van der Waals surface area contributed by atoms with Gasteiger partial charge in [-0.15, -0.1) is 6.42 Å². The summed E-state index contributed by atoms with van der Waals surface area (Å²) in [6.45, 7) is 1.92. The minimum Gasteiger partial charge on any atom is -0.324 e. The molecule has 1 atom stereocenters. The van der Waals surface area contributed by atoms with Gasteiger partial charge in [0.25, 0.3) is 0 Å². The second-order valence-corrected chi connectivity index (χ2v) is 6.49. The largest absolute Gasteiger partial charge is 0.324 e. The average molecular weight is 345 g/mol. The van der Waals surface area contributed by atoms with Gasteiger partial charge in [-0.25, -0.2) is 9.97 Å². The molecular formula is C20H19N5O. The van der Waals surface area contributed by atoms with Crippen LogP contribution in [0, 0.1) is 18.3 Å². The van der Waals surface area contributed by atoms with Crippen LogP contribution in [0.3, 0.4) is 0 Å². The van der Waals surface area contributed by atoms with Crippen molar-refractivity contribution in [1.82, 2.24) is 19.7 Å². The topological polar surface area (TPSA) is 71.3 Å². The van der Waals surface area contributed by atoms with Crippen LogP contribution in [0.1, 0.15) is 28.8 Å². The predicted octanol–water partition coefficient (Wildman–Crippen LogP) is 2.64. The summed E-state index contributed by atoms with van der Waals surface area (Å²) in [5, 5.41) is 6.45. The highest BCUT2D eigenvalue weighted by Gasteiger charge is 2.19. The first-order valence-electron chi connectivity index (χ1n) is 8.63. The molecule has 130 valence electrons. The first kappa shape index (κ1) is 16.3. The Labute approximate surface area is 151 Å². The minimum absolute atomic E-state index is 0.151. The van der Waals surface area contributed by atoms with E-state index < -0.39 is 0 Å². The molecule has 1 aliphatic heterocycles. The van der Waals surface area contributed by atoms with Gasteiger partial charge in [-0.05, 0) is 49.7 Å². The lowest BCUT2D eigenvalue weighted by molar-refractivity contribution is 0.0964. The number of carbonyl (C=O) groups is 1. The maximum atomic E-state index is 12.5. The first-order chi connectivity index (χ1) is 12.7. The van der Waals surface area contributed by atoms with Crippen LogP contribution in [0.4, 0.5) is 11.6 Å². The molecule has 2 N–H and O–H groups in total. The average Bonchev–Trinajstić information content (AvgIpc) is 3.30. The van der Waals surface area contributed by atoms with Crippen molar-refractivity contribution in [3.63, 3.8) is 0 Å². The van der Waals surface area contributed by atoms with E-state index >= 15 is 0 Å². The second kappa shape index (κ2) is 6.98. The normalized spacial score (nSPS) is 16.5. The smallest absolute Gasteiger partial charge is 0.163 e. The molecule has 6 heteroatoms. The number of nitrogens with zero attached hydrogens (tertiary/aromatic N) is 3. The van der Waals surface area contributed by atoms with Crippen molar-refractivity contribution in [2.24, 2.45) is 5.92 Å². The maximum Gasteiger partial charge on any atom is 0.163 e. The SMILES string of the molecule is C#Cc1ccc2nc(Nc3cc(C(=O)C[C@H]4CCNC4)ccn3)cn2c1. The molecule has 6 nitrogen and oxygen atoms in total. The van der Waals surface area contributed by atoms with Gasteiger partial charge in [-0.3, -0.25) is 4.79 Å². The number of rotatable bonds is 5. The van der Waals surface area contributed by atoms with E-state index in [0.29, 0.717) is 29.5 Å². The third-order valence-corrected chi connectivity index (χ3v) is 4.59. The molecule has 3 aromatic rings. The van der Waals surface area contributed by atoms with Crippen molar-refractivity contribution >= 4 is 23.1 Å².